The predicted octanol–water partition coefficient (Wildman–Crippen LogP) is 3.54. The normalized spacial score (nSPS) is 10.3. The molecule has 0 saturated heterocycles. The molecule has 0 spiro atoms. The van der Waals surface area contributed by atoms with E-state index in [4.69, 9.17) is 4.74 Å². The van der Waals surface area contributed by atoms with Crippen molar-refractivity contribution in [1.82, 2.24) is 0 Å². The lowest BCUT2D eigenvalue weighted by atomic mass is 10.0. The fraction of sp³-hybridized carbons (Fsp3) is 0.188. The zero-order chi connectivity index (χ0) is 14.0. The summed E-state index contributed by atoms with van der Waals surface area (Å²) in [5.41, 5.74) is 2.93. The van der Waals surface area contributed by atoms with Gasteiger partial charge in [-0.25, -0.2) is 4.79 Å². The first kappa shape index (κ1) is 13.1. The molecule has 1 N–H and O–H groups in total. The lowest BCUT2D eigenvalue weighted by molar-refractivity contribution is 0.0734. The number of hydrogen-bond donors (Lipinski definition) is 1. The van der Waals surface area contributed by atoms with Gasteiger partial charge in [-0.05, 0) is 56.2 Å². The average Bonchev–Trinajstić information content (AvgIpc) is 2.36. The fourth-order valence-electron chi connectivity index (χ4n) is 1.79. The van der Waals surface area contributed by atoms with Gasteiger partial charge in [0.25, 0.3) is 0 Å². The second-order valence-corrected chi connectivity index (χ2v) is 4.66. The lowest BCUT2D eigenvalue weighted by Crippen LogP contribution is -2.10. The van der Waals surface area contributed by atoms with E-state index < -0.39 is 5.97 Å². The molecule has 98 valence electrons. The molecule has 0 aliphatic heterocycles. The van der Waals surface area contributed by atoms with Crippen molar-refractivity contribution in [3.63, 3.8) is 0 Å². The monoisotopic (exact) mass is 256 g/mol. The number of aryl methyl sites for hydroxylation is 3. The minimum absolute atomic E-state index is 0.185. The highest BCUT2D eigenvalue weighted by atomic mass is 16.5. The average molecular weight is 256 g/mol. The van der Waals surface area contributed by atoms with Gasteiger partial charge in [-0.2, -0.15) is 0 Å². The first-order chi connectivity index (χ1) is 8.97. The van der Waals surface area contributed by atoms with Crippen LogP contribution in [0.4, 0.5) is 0 Å². The molecule has 3 heteroatoms. The van der Waals surface area contributed by atoms with Crippen LogP contribution in [0, 0.1) is 20.8 Å². The van der Waals surface area contributed by atoms with Gasteiger partial charge in [-0.1, -0.05) is 17.7 Å². The number of rotatable bonds is 2. The van der Waals surface area contributed by atoms with Crippen molar-refractivity contribution >= 4 is 5.97 Å². The first-order valence-electron chi connectivity index (χ1n) is 6.06. The highest BCUT2D eigenvalue weighted by Gasteiger charge is 2.13. The Labute approximate surface area is 112 Å². The molecule has 3 nitrogen and oxygen atoms in total. The van der Waals surface area contributed by atoms with Gasteiger partial charge in [0.05, 0.1) is 5.56 Å². The third-order valence-electron chi connectivity index (χ3n) is 2.99. The van der Waals surface area contributed by atoms with E-state index in [2.05, 4.69) is 0 Å². The third kappa shape index (κ3) is 2.94. The molecule has 0 bridgehead atoms. The Morgan fingerprint density at radius 1 is 1.00 bits per heavy atom. The summed E-state index contributed by atoms with van der Waals surface area (Å²) in [6, 6.07) is 10.5. The molecule has 0 aromatic heterocycles. The smallest absolute Gasteiger partial charge is 0.343 e. The van der Waals surface area contributed by atoms with Crippen molar-refractivity contribution in [3.05, 3.63) is 58.7 Å². The second kappa shape index (κ2) is 5.14. The van der Waals surface area contributed by atoms with Gasteiger partial charge in [0.2, 0.25) is 0 Å². The van der Waals surface area contributed by atoms with E-state index >= 15 is 0 Å². The summed E-state index contributed by atoms with van der Waals surface area (Å²) in [5, 5.41) is 9.57. The number of benzene rings is 2. The van der Waals surface area contributed by atoms with Crippen LogP contribution >= 0.6 is 0 Å². The molecule has 0 atom stereocenters. The number of phenolic OH excluding ortho intramolecular Hbond substituents is 1. The Bertz CT molecular complexity index is 613. The molecule has 0 saturated carbocycles. The molecule has 0 fully saturated rings. The second-order valence-electron chi connectivity index (χ2n) is 4.66. The highest BCUT2D eigenvalue weighted by molar-refractivity contribution is 5.93. The van der Waals surface area contributed by atoms with Gasteiger partial charge in [-0.15, -0.1) is 0 Å². The largest absolute Gasteiger partial charge is 0.508 e. The Kier molecular flexibility index (Phi) is 3.56. The number of hydrogen-bond acceptors (Lipinski definition) is 3. The van der Waals surface area contributed by atoms with Crippen molar-refractivity contribution in [2.24, 2.45) is 0 Å². The number of carbonyl (C=O) groups is 1. The Morgan fingerprint density at radius 2 is 1.63 bits per heavy atom. The van der Waals surface area contributed by atoms with Crippen LogP contribution in [0.25, 0.3) is 0 Å². The van der Waals surface area contributed by atoms with Gasteiger partial charge >= 0.3 is 5.97 Å². The minimum Gasteiger partial charge on any atom is -0.508 e. The van der Waals surface area contributed by atoms with Crippen LogP contribution in [0.1, 0.15) is 27.0 Å². The Morgan fingerprint density at radius 3 is 2.26 bits per heavy atom. The third-order valence-corrected chi connectivity index (χ3v) is 2.99. The van der Waals surface area contributed by atoms with E-state index in [9.17, 15) is 9.90 Å². The number of carbonyl (C=O) groups excluding carboxylic acids is 1. The van der Waals surface area contributed by atoms with E-state index in [1.54, 1.807) is 38.1 Å². The van der Waals surface area contributed by atoms with Gasteiger partial charge in [-0.3, -0.25) is 0 Å². The quantitative estimate of drug-likeness (QED) is 0.660. The summed E-state index contributed by atoms with van der Waals surface area (Å²) >= 11 is 0. The molecule has 2 aromatic rings. The Hall–Kier alpha value is -2.29. The van der Waals surface area contributed by atoms with E-state index in [0.717, 1.165) is 5.56 Å². The van der Waals surface area contributed by atoms with Crippen LogP contribution in [0.15, 0.2) is 36.4 Å². The number of esters is 1. The van der Waals surface area contributed by atoms with Crippen LogP contribution in [-0.4, -0.2) is 11.1 Å². The summed E-state index contributed by atoms with van der Waals surface area (Å²) in [7, 11) is 0. The molecule has 2 aromatic carbocycles. The van der Waals surface area contributed by atoms with Crippen molar-refractivity contribution in [1.29, 1.82) is 0 Å². The SMILES string of the molecule is Cc1ccc(OC(=O)c2cc(C)c(O)cc2C)cc1. The van der Waals surface area contributed by atoms with Gasteiger partial charge in [0.1, 0.15) is 11.5 Å². The summed E-state index contributed by atoms with van der Waals surface area (Å²) in [6.45, 7) is 5.49. The number of phenols is 1. The molecule has 0 amide bonds. The molecule has 0 aliphatic carbocycles. The van der Waals surface area contributed by atoms with Crippen molar-refractivity contribution < 1.29 is 14.6 Å². The summed E-state index contributed by atoms with van der Waals surface area (Å²) < 4.78 is 5.31. The zero-order valence-electron chi connectivity index (χ0n) is 11.2. The lowest BCUT2D eigenvalue weighted by Gasteiger charge is -2.09. The first-order valence-corrected chi connectivity index (χ1v) is 6.06. The van der Waals surface area contributed by atoms with Crippen LogP contribution in [0.2, 0.25) is 0 Å². The molecule has 0 unspecified atom stereocenters. The molecular weight excluding hydrogens is 240 g/mol. The van der Waals surface area contributed by atoms with Crippen LogP contribution in [0.3, 0.4) is 0 Å². The van der Waals surface area contributed by atoms with E-state index in [1.165, 1.54) is 0 Å². The minimum atomic E-state index is -0.413. The fourth-order valence-corrected chi connectivity index (χ4v) is 1.79. The van der Waals surface area contributed by atoms with Crippen molar-refractivity contribution in [3.8, 4) is 11.5 Å². The van der Waals surface area contributed by atoms with Gasteiger partial charge in [0.15, 0.2) is 0 Å². The zero-order valence-corrected chi connectivity index (χ0v) is 11.2. The predicted molar refractivity (Wildman–Crippen MR) is 73.7 cm³/mol. The topological polar surface area (TPSA) is 46.5 Å². The van der Waals surface area contributed by atoms with E-state index in [0.29, 0.717) is 22.4 Å². The van der Waals surface area contributed by atoms with E-state index in [-0.39, 0.29) is 5.75 Å². The maximum atomic E-state index is 12.1. The number of ether oxygens (including phenoxy) is 1. The summed E-state index contributed by atoms with van der Waals surface area (Å²) in [5.74, 6) is 0.287. The van der Waals surface area contributed by atoms with Gasteiger partial charge < -0.3 is 9.84 Å². The standard InChI is InChI=1S/C16H16O3/c1-10-4-6-13(7-5-10)19-16(18)14-8-12(3)15(17)9-11(14)2/h4-9,17H,1-3H3. The van der Waals surface area contributed by atoms with E-state index in [1.807, 2.05) is 19.1 Å². The van der Waals surface area contributed by atoms with Crippen molar-refractivity contribution in [2.75, 3.05) is 0 Å². The molecule has 2 rings (SSSR count). The molecule has 0 radical (unpaired) electrons. The maximum absolute atomic E-state index is 12.1. The van der Waals surface area contributed by atoms with Crippen molar-refractivity contribution in [2.45, 2.75) is 20.8 Å². The van der Waals surface area contributed by atoms with Crippen LogP contribution < -0.4 is 4.74 Å². The molecule has 0 aliphatic rings. The number of aromatic hydroxyl groups is 1. The maximum Gasteiger partial charge on any atom is 0.343 e. The highest BCUT2D eigenvalue weighted by Crippen LogP contribution is 2.22. The molecular formula is C16H16O3. The molecule has 0 heterocycles. The molecule has 19 heavy (non-hydrogen) atoms. The van der Waals surface area contributed by atoms with Gasteiger partial charge in [0, 0.05) is 0 Å². The Balaban J connectivity index is 2.25. The summed E-state index contributed by atoms with van der Waals surface area (Å²) in [6.07, 6.45) is 0. The van der Waals surface area contributed by atoms with Crippen LogP contribution in [0.5, 0.6) is 11.5 Å². The summed E-state index contributed by atoms with van der Waals surface area (Å²) in [4.78, 5) is 12.1. The van der Waals surface area contributed by atoms with Crippen LogP contribution in [-0.2, 0) is 0 Å².